The van der Waals surface area contributed by atoms with Crippen molar-refractivity contribution in [3.05, 3.63) is 11.6 Å². The number of thiol groups is 1. The van der Waals surface area contributed by atoms with Gasteiger partial charge in [0.25, 0.3) is 0 Å². The van der Waals surface area contributed by atoms with E-state index in [4.69, 9.17) is 12.6 Å². The highest BCUT2D eigenvalue weighted by atomic mass is 32.1. The molecule has 4 aliphatic carbocycles. The molecule has 124 valence electrons. The van der Waals surface area contributed by atoms with Crippen molar-refractivity contribution in [2.45, 2.75) is 78.1 Å². The second-order valence-corrected chi connectivity index (χ2v) is 9.41. The summed E-state index contributed by atoms with van der Waals surface area (Å²) in [5.74, 6) is 5.05. The minimum absolute atomic E-state index is 0.496. The van der Waals surface area contributed by atoms with Gasteiger partial charge in [0.15, 0.2) is 0 Å². The number of fused-ring (bicyclic) bond motifs is 5. The molecule has 4 rings (SSSR count). The Balaban J connectivity index is 1.69. The van der Waals surface area contributed by atoms with Crippen LogP contribution >= 0.6 is 12.6 Å². The van der Waals surface area contributed by atoms with Crippen molar-refractivity contribution in [3.63, 3.8) is 0 Å². The molecule has 22 heavy (non-hydrogen) atoms. The van der Waals surface area contributed by atoms with Gasteiger partial charge >= 0.3 is 0 Å². The van der Waals surface area contributed by atoms with Crippen LogP contribution in [0.25, 0.3) is 0 Å². The maximum absolute atomic E-state index is 4.91. The van der Waals surface area contributed by atoms with Crippen molar-refractivity contribution in [3.8, 4) is 0 Å². The van der Waals surface area contributed by atoms with Gasteiger partial charge in [0.2, 0.25) is 0 Å². The van der Waals surface area contributed by atoms with E-state index >= 15 is 0 Å². The maximum atomic E-state index is 4.91. The lowest BCUT2D eigenvalue weighted by molar-refractivity contribution is -0.0398. The van der Waals surface area contributed by atoms with E-state index in [2.05, 4.69) is 19.9 Å². The van der Waals surface area contributed by atoms with Crippen LogP contribution in [-0.4, -0.2) is 5.75 Å². The van der Waals surface area contributed by atoms with Crippen LogP contribution in [-0.2, 0) is 0 Å². The molecule has 0 aliphatic heterocycles. The van der Waals surface area contributed by atoms with Gasteiger partial charge in [-0.3, -0.25) is 0 Å². The first-order valence-electron chi connectivity index (χ1n) is 9.96. The molecule has 0 radical (unpaired) electrons. The topological polar surface area (TPSA) is 0 Å². The summed E-state index contributed by atoms with van der Waals surface area (Å²) in [5, 5.41) is 0. The van der Waals surface area contributed by atoms with E-state index in [-0.39, 0.29) is 0 Å². The molecule has 6 atom stereocenters. The Morgan fingerprint density at radius 3 is 2.77 bits per heavy atom. The van der Waals surface area contributed by atoms with Gasteiger partial charge in [-0.15, -0.1) is 0 Å². The van der Waals surface area contributed by atoms with Gasteiger partial charge in [-0.1, -0.05) is 38.3 Å². The van der Waals surface area contributed by atoms with Crippen molar-refractivity contribution in [1.29, 1.82) is 0 Å². The highest BCUT2D eigenvalue weighted by Gasteiger charge is 2.58. The molecule has 4 aliphatic rings. The zero-order chi connectivity index (χ0) is 15.4. The van der Waals surface area contributed by atoms with E-state index in [1.807, 2.05) is 5.57 Å². The fourth-order valence-electron chi connectivity index (χ4n) is 7.55. The van der Waals surface area contributed by atoms with Gasteiger partial charge in [-0.05, 0) is 86.2 Å². The first kappa shape index (κ1) is 15.6. The summed E-state index contributed by atoms with van der Waals surface area (Å²) in [4.78, 5) is 0. The zero-order valence-corrected chi connectivity index (χ0v) is 15.5. The fraction of sp³-hybridized carbons (Fsp3) is 0.905. The molecule has 3 fully saturated rings. The van der Waals surface area contributed by atoms with Crippen LogP contribution in [0.1, 0.15) is 78.1 Å². The molecule has 0 N–H and O–H groups in total. The van der Waals surface area contributed by atoms with Gasteiger partial charge in [-0.2, -0.15) is 12.6 Å². The van der Waals surface area contributed by atoms with Crippen molar-refractivity contribution < 1.29 is 0 Å². The third kappa shape index (κ3) is 1.96. The monoisotopic (exact) mass is 318 g/mol. The van der Waals surface area contributed by atoms with Crippen LogP contribution < -0.4 is 0 Å². The van der Waals surface area contributed by atoms with Gasteiger partial charge in [-0.25, -0.2) is 0 Å². The molecule has 0 aromatic rings. The Kier molecular flexibility index (Phi) is 3.95. The molecule has 0 amide bonds. The van der Waals surface area contributed by atoms with Gasteiger partial charge in [0, 0.05) is 5.41 Å². The Morgan fingerprint density at radius 1 is 1.14 bits per heavy atom. The van der Waals surface area contributed by atoms with E-state index in [1.54, 1.807) is 0 Å². The highest BCUT2D eigenvalue weighted by Crippen LogP contribution is 2.66. The first-order chi connectivity index (χ1) is 10.7. The van der Waals surface area contributed by atoms with Crippen LogP contribution in [0.5, 0.6) is 0 Å². The Labute approximate surface area is 142 Å². The normalized spacial score (nSPS) is 50.8. The molecule has 0 aromatic carbocycles. The summed E-state index contributed by atoms with van der Waals surface area (Å²) >= 11 is 4.91. The van der Waals surface area contributed by atoms with Crippen LogP contribution in [0.3, 0.4) is 0 Å². The lowest BCUT2D eigenvalue weighted by atomic mass is 9.47. The number of hydrogen-bond acceptors (Lipinski definition) is 1. The molecule has 0 nitrogen and oxygen atoms in total. The molecular weight excluding hydrogens is 284 g/mol. The summed E-state index contributed by atoms with van der Waals surface area (Å²) in [7, 11) is 0. The summed E-state index contributed by atoms with van der Waals surface area (Å²) in [6.45, 7) is 5.09. The molecule has 3 saturated carbocycles. The smallest absolute Gasteiger partial charge is 0.00310 e. The predicted octanol–water partition coefficient (Wildman–Crippen LogP) is 6.28. The van der Waals surface area contributed by atoms with Crippen molar-refractivity contribution in [1.82, 2.24) is 0 Å². The van der Waals surface area contributed by atoms with E-state index < -0.39 is 0 Å². The third-order valence-electron chi connectivity index (χ3n) is 8.71. The quantitative estimate of drug-likeness (QED) is 0.450. The van der Waals surface area contributed by atoms with Crippen LogP contribution in [0.4, 0.5) is 0 Å². The second kappa shape index (κ2) is 5.57. The van der Waals surface area contributed by atoms with Gasteiger partial charge < -0.3 is 0 Å². The van der Waals surface area contributed by atoms with Crippen molar-refractivity contribution in [2.75, 3.05) is 5.75 Å². The van der Waals surface area contributed by atoms with Crippen LogP contribution in [0.2, 0.25) is 0 Å². The maximum Gasteiger partial charge on any atom is 0.00310 e. The molecule has 0 bridgehead atoms. The van der Waals surface area contributed by atoms with Crippen molar-refractivity contribution >= 4 is 12.6 Å². The minimum Gasteiger partial charge on any atom is -0.178 e. The lowest BCUT2D eigenvalue weighted by Gasteiger charge is -2.58. The minimum atomic E-state index is 0.496. The Hall–Kier alpha value is 0.0900. The molecule has 1 heteroatoms. The summed E-state index contributed by atoms with van der Waals surface area (Å²) in [6, 6.07) is 0. The molecule has 0 heterocycles. The summed E-state index contributed by atoms with van der Waals surface area (Å²) in [6.07, 6.45) is 17.2. The van der Waals surface area contributed by atoms with E-state index in [0.717, 1.165) is 29.4 Å². The number of rotatable bonds is 2. The molecular formula is C21H34S. The number of hydrogen-bond donors (Lipinski definition) is 1. The van der Waals surface area contributed by atoms with Gasteiger partial charge in [0.05, 0.1) is 0 Å². The van der Waals surface area contributed by atoms with Crippen molar-refractivity contribution in [2.24, 2.45) is 34.5 Å². The molecule has 0 unspecified atom stereocenters. The number of allylic oxidation sites excluding steroid dienone is 2. The van der Waals surface area contributed by atoms with Crippen LogP contribution in [0.15, 0.2) is 11.6 Å². The summed E-state index contributed by atoms with van der Waals surface area (Å²) < 4.78 is 0. The second-order valence-electron chi connectivity index (χ2n) is 9.09. The Morgan fingerprint density at radius 2 is 2.00 bits per heavy atom. The summed E-state index contributed by atoms with van der Waals surface area (Å²) in [5.41, 5.74) is 2.98. The molecule has 0 saturated heterocycles. The standard InChI is InChI=1S/C21H34S/c1-3-15-8-10-18-17-9-7-16-6-4-5-12-21(16,14-22)19(17)11-13-20(15,18)2/h7,15,17-19,22H,3-6,8-14H2,1-2H3/t15-,17-,18-,19-,20+,21+/m0/s1. The predicted molar refractivity (Wildman–Crippen MR) is 98.3 cm³/mol. The zero-order valence-electron chi connectivity index (χ0n) is 14.6. The third-order valence-corrected chi connectivity index (χ3v) is 9.28. The first-order valence-corrected chi connectivity index (χ1v) is 10.6. The fourth-order valence-corrected chi connectivity index (χ4v) is 8.15. The SMILES string of the molecule is CC[C@H]1CC[C@H]2[C@@H]3CC=C4CCCC[C@]4(CS)[C@H]3CC[C@]12C. The average Bonchev–Trinajstić information content (AvgIpc) is 2.90. The Bertz CT molecular complexity index is 467. The van der Waals surface area contributed by atoms with Crippen LogP contribution in [0, 0.1) is 34.5 Å². The molecule has 0 aromatic heterocycles. The highest BCUT2D eigenvalue weighted by molar-refractivity contribution is 7.80. The average molecular weight is 319 g/mol. The van der Waals surface area contributed by atoms with E-state index in [9.17, 15) is 0 Å². The lowest BCUT2D eigenvalue weighted by Crippen LogP contribution is -2.51. The largest absolute Gasteiger partial charge is 0.178 e. The van der Waals surface area contributed by atoms with E-state index in [1.165, 1.54) is 64.2 Å². The van der Waals surface area contributed by atoms with E-state index in [0.29, 0.717) is 10.8 Å². The molecule has 0 spiro atoms. The van der Waals surface area contributed by atoms with Gasteiger partial charge in [0.1, 0.15) is 0 Å².